The quantitative estimate of drug-likeness (QED) is 0.427. The van der Waals surface area contributed by atoms with Gasteiger partial charge in [-0.25, -0.2) is 9.59 Å². The number of carbonyl (C=O) groups is 3. The number of urea groups is 1. The van der Waals surface area contributed by atoms with Gasteiger partial charge in [0.05, 0.1) is 7.11 Å². The van der Waals surface area contributed by atoms with Crippen LogP contribution in [0.3, 0.4) is 0 Å². The molecule has 0 rings (SSSR count). The Balaban J connectivity index is 3.48. The van der Waals surface area contributed by atoms with E-state index in [0.29, 0.717) is 13.0 Å². The second-order valence-corrected chi connectivity index (χ2v) is 4.20. The molecule has 2 amide bonds. The highest BCUT2D eigenvalue weighted by Gasteiger charge is 2.14. The zero-order valence-corrected chi connectivity index (χ0v) is 11.4. The maximum atomic E-state index is 11.3. The summed E-state index contributed by atoms with van der Waals surface area (Å²) in [5.74, 6) is -1.28. The van der Waals surface area contributed by atoms with Gasteiger partial charge in [-0.15, -0.1) is 0 Å². The average Bonchev–Trinajstić information content (AvgIpc) is 2.36. The van der Waals surface area contributed by atoms with Crippen LogP contribution in [-0.2, 0) is 14.3 Å². The Morgan fingerprint density at radius 1 is 1.16 bits per heavy atom. The van der Waals surface area contributed by atoms with Gasteiger partial charge in [-0.2, -0.15) is 0 Å². The van der Waals surface area contributed by atoms with Crippen LogP contribution in [0, 0.1) is 0 Å². The summed E-state index contributed by atoms with van der Waals surface area (Å²) in [5.41, 5.74) is 0. The molecular formula is C12H22N2O5. The van der Waals surface area contributed by atoms with Gasteiger partial charge in [0.25, 0.3) is 0 Å². The highest BCUT2D eigenvalue weighted by Crippen LogP contribution is 2.02. The predicted octanol–water partition coefficient (Wildman–Crippen LogP) is 0.882. The van der Waals surface area contributed by atoms with Gasteiger partial charge in [0.15, 0.2) is 0 Å². The fraction of sp³-hybridized carbons (Fsp3) is 0.750. The van der Waals surface area contributed by atoms with Crippen molar-refractivity contribution in [2.75, 3.05) is 13.7 Å². The maximum Gasteiger partial charge on any atom is 0.328 e. The third-order valence-electron chi connectivity index (χ3n) is 2.51. The summed E-state index contributed by atoms with van der Waals surface area (Å²) < 4.78 is 4.47. The van der Waals surface area contributed by atoms with Crippen LogP contribution in [0.25, 0.3) is 0 Å². The van der Waals surface area contributed by atoms with Gasteiger partial charge in [0.1, 0.15) is 6.04 Å². The van der Waals surface area contributed by atoms with Crippen LogP contribution >= 0.6 is 0 Å². The second-order valence-electron chi connectivity index (χ2n) is 4.20. The topological polar surface area (TPSA) is 105 Å². The monoisotopic (exact) mass is 274 g/mol. The smallest absolute Gasteiger partial charge is 0.328 e. The van der Waals surface area contributed by atoms with Crippen molar-refractivity contribution in [3.8, 4) is 0 Å². The van der Waals surface area contributed by atoms with Crippen molar-refractivity contribution in [3.05, 3.63) is 0 Å². The molecule has 0 spiro atoms. The highest BCUT2D eigenvalue weighted by atomic mass is 16.5. The number of ether oxygens (including phenoxy) is 1. The zero-order chi connectivity index (χ0) is 14.7. The van der Waals surface area contributed by atoms with E-state index in [0.717, 1.165) is 19.3 Å². The molecule has 0 saturated heterocycles. The van der Waals surface area contributed by atoms with E-state index in [1.165, 1.54) is 14.0 Å². The number of hydrogen-bond acceptors (Lipinski definition) is 4. The van der Waals surface area contributed by atoms with Crippen LogP contribution in [0.4, 0.5) is 4.79 Å². The first kappa shape index (κ1) is 17.2. The van der Waals surface area contributed by atoms with Crippen molar-refractivity contribution in [1.82, 2.24) is 10.6 Å². The Bertz CT molecular complexity index is 306. The minimum atomic E-state index is -0.783. The summed E-state index contributed by atoms with van der Waals surface area (Å²) in [5, 5.41) is 13.5. The molecule has 0 aliphatic rings. The van der Waals surface area contributed by atoms with E-state index < -0.39 is 24.0 Å². The summed E-state index contributed by atoms with van der Waals surface area (Å²) in [7, 11) is 1.26. The van der Waals surface area contributed by atoms with Crippen LogP contribution in [0.1, 0.15) is 39.0 Å². The number of aliphatic carboxylic acids is 1. The van der Waals surface area contributed by atoms with Crippen LogP contribution in [0.2, 0.25) is 0 Å². The first-order valence-corrected chi connectivity index (χ1v) is 6.31. The van der Waals surface area contributed by atoms with Crippen LogP contribution in [-0.4, -0.2) is 42.8 Å². The fourth-order valence-corrected chi connectivity index (χ4v) is 1.44. The number of unbranched alkanes of at least 4 members (excludes halogenated alkanes) is 3. The molecule has 0 aromatic carbocycles. The van der Waals surface area contributed by atoms with E-state index in [2.05, 4.69) is 15.4 Å². The fourth-order valence-electron chi connectivity index (χ4n) is 1.44. The Morgan fingerprint density at radius 2 is 1.79 bits per heavy atom. The Kier molecular flexibility index (Phi) is 9.20. The molecule has 0 aliphatic heterocycles. The summed E-state index contributed by atoms with van der Waals surface area (Å²) in [4.78, 5) is 32.6. The summed E-state index contributed by atoms with van der Waals surface area (Å²) in [6.45, 7) is 2.03. The molecule has 1 unspecified atom stereocenters. The van der Waals surface area contributed by atoms with E-state index in [1.807, 2.05) is 0 Å². The van der Waals surface area contributed by atoms with Crippen LogP contribution in [0.15, 0.2) is 0 Å². The number of methoxy groups -OCH3 is 1. The number of amides is 2. The molecule has 19 heavy (non-hydrogen) atoms. The van der Waals surface area contributed by atoms with Gasteiger partial charge in [-0.05, 0) is 19.8 Å². The summed E-state index contributed by atoms with van der Waals surface area (Å²) in [6, 6.07) is -1.09. The molecule has 3 N–H and O–H groups in total. The van der Waals surface area contributed by atoms with Crippen molar-refractivity contribution < 1.29 is 24.2 Å². The predicted molar refractivity (Wildman–Crippen MR) is 68.7 cm³/mol. The molecule has 7 nitrogen and oxygen atoms in total. The molecule has 0 heterocycles. The Hall–Kier alpha value is -1.79. The lowest BCUT2D eigenvalue weighted by Crippen LogP contribution is -2.45. The lowest BCUT2D eigenvalue weighted by atomic mass is 10.1. The van der Waals surface area contributed by atoms with Gasteiger partial charge < -0.3 is 20.5 Å². The first-order valence-electron chi connectivity index (χ1n) is 6.31. The number of carbonyl (C=O) groups excluding carboxylic acids is 2. The number of hydrogen-bond donors (Lipinski definition) is 3. The van der Waals surface area contributed by atoms with Gasteiger partial charge in [-0.1, -0.05) is 12.8 Å². The van der Waals surface area contributed by atoms with Crippen molar-refractivity contribution >= 4 is 18.0 Å². The van der Waals surface area contributed by atoms with Gasteiger partial charge >= 0.3 is 18.0 Å². The number of carboxylic acid groups (broad SMARTS) is 1. The van der Waals surface area contributed by atoms with Crippen molar-refractivity contribution in [1.29, 1.82) is 0 Å². The molecule has 0 fully saturated rings. The van der Waals surface area contributed by atoms with Gasteiger partial charge in [0, 0.05) is 13.0 Å². The van der Waals surface area contributed by atoms with Crippen molar-refractivity contribution in [3.63, 3.8) is 0 Å². The van der Waals surface area contributed by atoms with Crippen molar-refractivity contribution in [2.45, 2.75) is 45.1 Å². The SMILES string of the molecule is COC(=O)C(C)NC(=O)NCCCCCCC(=O)O. The molecule has 1 atom stereocenters. The molecular weight excluding hydrogens is 252 g/mol. The Labute approximate surface area is 112 Å². The molecule has 0 bridgehead atoms. The van der Waals surface area contributed by atoms with E-state index in [9.17, 15) is 14.4 Å². The number of nitrogens with one attached hydrogen (secondary N) is 2. The molecule has 0 radical (unpaired) electrons. The first-order chi connectivity index (χ1) is 8.97. The highest BCUT2D eigenvalue weighted by molar-refractivity contribution is 5.83. The molecule has 0 saturated carbocycles. The van der Waals surface area contributed by atoms with E-state index >= 15 is 0 Å². The summed E-state index contributed by atoms with van der Waals surface area (Å²) >= 11 is 0. The molecule has 110 valence electrons. The average molecular weight is 274 g/mol. The molecule has 0 aromatic rings. The second kappa shape index (κ2) is 10.2. The molecule has 7 heteroatoms. The van der Waals surface area contributed by atoms with Crippen LogP contribution < -0.4 is 10.6 Å². The van der Waals surface area contributed by atoms with Crippen molar-refractivity contribution in [2.24, 2.45) is 0 Å². The lowest BCUT2D eigenvalue weighted by molar-refractivity contribution is -0.142. The number of esters is 1. The largest absolute Gasteiger partial charge is 0.481 e. The summed E-state index contributed by atoms with van der Waals surface area (Å²) in [6.07, 6.45) is 3.30. The van der Waals surface area contributed by atoms with Gasteiger partial charge in [0.2, 0.25) is 0 Å². The van der Waals surface area contributed by atoms with Gasteiger partial charge in [-0.3, -0.25) is 4.79 Å². The zero-order valence-electron chi connectivity index (χ0n) is 11.4. The van der Waals surface area contributed by atoms with E-state index in [1.54, 1.807) is 0 Å². The number of carboxylic acids is 1. The van der Waals surface area contributed by atoms with Crippen LogP contribution in [0.5, 0.6) is 0 Å². The molecule has 0 aromatic heterocycles. The molecule has 0 aliphatic carbocycles. The normalized spacial score (nSPS) is 11.5. The Morgan fingerprint density at radius 3 is 2.37 bits per heavy atom. The third-order valence-corrected chi connectivity index (χ3v) is 2.51. The van der Waals surface area contributed by atoms with E-state index in [4.69, 9.17) is 5.11 Å². The standard InChI is InChI=1S/C12H22N2O5/c1-9(11(17)19-2)14-12(18)13-8-6-4-3-5-7-10(15)16/h9H,3-8H2,1-2H3,(H,15,16)(H2,13,14,18). The minimum absolute atomic E-state index is 0.185. The maximum absolute atomic E-state index is 11.3. The lowest BCUT2D eigenvalue weighted by Gasteiger charge is -2.12. The number of rotatable bonds is 9. The van der Waals surface area contributed by atoms with E-state index in [-0.39, 0.29) is 6.42 Å². The minimum Gasteiger partial charge on any atom is -0.481 e. The third kappa shape index (κ3) is 9.87.